The van der Waals surface area contributed by atoms with Crippen LogP contribution in [0.4, 0.5) is 0 Å². The van der Waals surface area contributed by atoms with Gasteiger partial charge in [-0.2, -0.15) is 20.6 Å². The fourth-order valence-electron chi connectivity index (χ4n) is 3.02. The van der Waals surface area contributed by atoms with E-state index in [1.54, 1.807) is 15.4 Å². The Morgan fingerprint density at radius 1 is 1.22 bits per heavy atom. The summed E-state index contributed by atoms with van der Waals surface area (Å²) >= 11 is 0. The predicted molar refractivity (Wildman–Crippen MR) is 85.9 cm³/mol. The molecular formula is C16H15N7. The first-order valence-corrected chi connectivity index (χ1v) is 7.36. The van der Waals surface area contributed by atoms with Gasteiger partial charge in [0.05, 0.1) is 29.5 Å². The molecule has 0 amide bonds. The molecule has 3 aromatic rings. The maximum absolute atomic E-state index is 9.38. The smallest absolute Gasteiger partial charge is 0.103 e. The Bertz CT molecular complexity index is 957. The lowest BCUT2D eigenvalue weighted by atomic mass is 9.91. The molecule has 0 aliphatic carbocycles. The highest BCUT2D eigenvalue weighted by Crippen LogP contribution is 2.31. The minimum Gasteiger partial charge on any atom is -0.307 e. The van der Waals surface area contributed by atoms with E-state index in [0.717, 1.165) is 22.2 Å². The maximum Gasteiger partial charge on any atom is 0.103 e. The van der Waals surface area contributed by atoms with Crippen molar-refractivity contribution in [1.29, 1.82) is 5.26 Å². The van der Waals surface area contributed by atoms with Gasteiger partial charge in [-0.15, -0.1) is 0 Å². The Morgan fingerprint density at radius 3 is 2.74 bits per heavy atom. The van der Waals surface area contributed by atoms with Crippen LogP contribution in [0.2, 0.25) is 0 Å². The molecule has 3 aromatic heterocycles. The number of aryl methyl sites for hydroxylation is 1. The van der Waals surface area contributed by atoms with Gasteiger partial charge in [0, 0.05) is 42.7 Å². The number of aromatic nitrogens is 4. The lowest BCUT2D eigenvalue weighted by Crippen LogP contribution is -2.22. The second-order valence-corrected chi connectivity index (χ2v) is 5.77. The summed E-state index contributed by atoms with van der Waals surface area (Å²) in [6.45, 7) is 2.08. The molecule has 1 N–H and O–H groups in total. The third-order valence-electron chi connectivity index (χ3n) is 4.21. The molecule has 0 fully saturated rings. The van der Waals surface area contributed by atoms with Crippen molar-refractivity contribution in [2.24, 2.45) is 12.1 Å². The Morgan fingerprint density at radius 2 is 2.09 bits per heavy atom. The number of hydrogen-bond donors (Lipinski definition) is 1. The Hall–Kier alpha value is -3.14. The van der Waals surface area contributed by atoms with E-state index in [2.05, 4.69) is 39.8 Å². The molecule has 1 aliphatic rings. The molecule has 1 aliphatic heterocycles. The molecule has 0 radical (unpaired) electrons. The normalized spacial score (nSPS) is 19.9. The van der Waals surface area contributed by atoms with E-state index < -0.39 is 0 Å². The van der Waals surface area contributed by atoms with Gasteiger partial charge in [0.25, 0.3) is 0 Å². The molecule has 0 bridgehead atoms. The second kappa shape index (κ2) is 4.95. The van der Waals surface area contributed by atoms with Gasteiger partial charge in [-0.25, -0.2) is 4.52 Å². The third kappa shape index (κ3) is 2.07. The molecule has 2 unspecified atom stereocenters. The number of hydrazone groups is 1. The van der Waals surface area contributed by atoms with E-state index >= 15 is 0 Å². The summed E-state index contributed by atoms with van der Waals surface area (Å²) < 4.78 is 3.54. The number of nitrogens with zero attached hydrogens (tertiary/aromatic N) is 6. The number of nitrogens with one attached hydrogen (secondary N) is 1. The molecule has 0 saturated heterocycles. The molecule has 0 spiro atoms. The molecule has 23 heavy (non-hydrogen) atoms. The number of fused-ring (bicyclic) bond motifs is 1. The number of rotatable bonds is 2. The van der Waals surface area contributed by atoms with E-state index in [1.165, 1.54) is 0 Å². The zero-order valence-corrected chi connectivity index (χ0v) is 12.8. The summed E-state index contributed by atoms with van der Waals surface area (Å²) in [5.74, 6) is 0.0953. The average Bonchev–Trinajstić information content (AvgIpc) is 3.25. The lowest BCUT2D eigenvalue weighted by Gasteiger charge is -2.16. The van der Waals surface area contributed by atoms with E-state index in [4.69, 9.17) is 0 Å². The van der Waals surface area contributed by atoms with Crippen molar-refractivity contribution in [2.75, 3.05) is 0 Å². The summed E-state index contributed by atoms with van der Waals surface area (Å²) in [5, 5.41) is 22.1. The minimum atomic E-state index is 0.0953. The van der Waals surface area contributed by atoms with Gasteiger partial charge in [-0.05, 0) is 18.6 Å². The highest BCUT2D eigenvalue weighted by molar-refractivity contribution is 5.81. The lowest BCUT2D eigenvalue weighted by molar-refractivity contribution is 0.591. The van der Waals surface area contributed by atoms with E-state index in [9.17, 15) is 5.26 Å². The number of nitriles is 1. The van der Waals surface area contributed by atoms with Crippen molar-refractivity contribution in [3.05, 3.63) is 42.0 Å². The van der Waals surface area contributed by atoms with E-state index in [-0.39, 0.29) is 12.0 Å². The largest absolute Gasteiger partial charge is 0.307 e. The standard InChI is InChI=1S/C16H15N7/c1-10-15(7-18-21-10)14-3-11(13-6-19-22(2)8-13)9-23-16(14)12(4-17)5-20-23/h3,5-10,15,21H,1-2H3. The summed E-state index contributed by atoms with van der Waals surface area (Å²) in [7, 11) is 1.89. The van der Waals surface area contributed by atoms with Crippen LogP contribution in [0.15, 0.2) is 36.0 Å². The Kier molecular flexibility index (Phi) is 2.91. The zero-order chi connectivity index (χ0) is 16.0. The van der Waals surface area contributed by atoms with Gasteiger partial charge >= 0.3 is 0 Å². The second-order valence-electron chi connectivity index (χ2n) is 5.77. The number of pyridine rings is 1. The minimum absolute atomic E-state index is 0.0953. The molecule has 4 heterocycles. The predicted octanol–water partition coefficient (Wildman–Crippen LogP) is 1.67. The van der Waals surface area contributed by atoms with Crippen molar-refractivity contribution in [2.45, 2.75) is 18.9 Å². The monoisotopic (exact) mass is 305 g/mol. The van der Waals surface area contributed by atoms with Crippen molar-refractivity contribution >= 4 is 11.7 Å². The van der Waals surface area contributed by atoms with Crippen molar-refractivity contribution < 1.29 is 0 Å². The topological polar surface area (TPSA) is 83.3 Å². The summed E-state index contributed by atoms with van der Waals surface area (Å²) in [5.41, 5.74) is 7.55. The van der Waals surface area contributed by atoms with Crippen LogP contribution in [0.1, 0.15) is 24.0 Å². The van der Waals surface area contributed by atoms with Crippen molar-refractivity contribution in [3.8, 4) is 17.2 Å². The van der Waals surface area contributed by atoms with Crippen LogP contribution in [-0.2, 0) is 7.05 Å². The zero-order valence-electron chi connectivity index (χ0n) is 12.8. The van der Waals surface area contributed by atoms with Gasteiger partial charge in [-0.3, -0.25) is 4.68 Å². The van der Waals surface area contributed by atoms with Gasteiger partial charge in [0.15, 0.2) is 0 Å². The molecular weight excluding hydrogens is 290 g/mol. The first kappa shape index (κ1) is 13.5. The third-order valence-corrected chi connectivity index (χ3v) is 4.21. The summed E-state index contributed by atoms with van der Waals surface area (Å²) in [6.07, 6.45) is 9.21. The van der Waals surface area contributed by atoms with E-state index in [1.807, 2.05) is 31.9 Å². The van der Waals surface area contributed by atoms with Crippen LogP contribution < -0.4 is 5.43 Å². The quantitative estimate of drug-likeness (QED) is 0.780. The van der Waals surface area contributed by atoms with Gasteiger partial charge < -0.3 is 5.43 Å². The number of hydrogen-bond acceptors (Lipinski definition) is 5. The fraction of sp³-hybridized carbons (Fsp3) is 0.250. The Labute approximate surface area is 132 Å². The van der Waals surface area contributed by atoms with Crippen molar-refractivity contribution in [1.82, 2.24) is 24.8 Å². The Balaban J connectivity index is 1.98. The summed E-state index contributed by atoms with van der Waals surface area (Å²) in [4.78, 5) is 0. The van der Waals surface area contributed by atoms with Gasteiger partial charge in [-0.1, -0.05) is 0 Å². The van der Waals surface area contributed by atoms with Crippen LogP contribution in [-0.4, -0.2) is 31.7 Å². The van der Waals surface area contributed by atoms with Crippen LogP contribution in [0.5, 0.6) is 0 Å². The first-order valence-electron chi connectivity index (χ1n) is 7.36. The van der Waals surface area contributed by atoms with E-state index in [0.29, 0.717) is 5.56 Å². The van der Waals surface area contributed by atoms with Crippen LogP contribution in [0.25, 0.3) is 16.6 Å². The molecule has 0 aromatic carbocycles. The van der Waals surface area contributed by atoms with Crippen molar-refractivity contribution in [3.63, 3.8) is 0 Å². The molecule has 114 valence electrons. The molecule has 4 rings (SSSR count). The maximum atomic E-state index is 9.38. The SMILES string of the molecule is CC1NN=CC1c1cc(-c2cnn(C)c2)cn2ncc(C#N)c12. The van der Waals surface area contributed by atoms with Crippen LogP contribution in [0.3, 0.4) is 0 Å². The average molecular weight is 305 g/mol. The molecule has 0 saturated carbocycles. The highest BCUT2D eigenvalue weighted by atomic mass is 15.3. The first-order chi connectivity index (χ1) is 11.2. The molecule has 7 nitrogen and oxygen atoms in total. The van der Waals surface area contributed by atoms with Gasteiger partial charge in [0.2, 0.25) is 0 Å². The van der Waals surface area contributed by atoms with Gasteiger partial charge in [0.1, 0.15) is 6.07 Å². The summed E-state index contributed by atoms with van der Waals surface area (Å²) in [6, 6.07) is 4.50. The van der Waals surface area contributed by atoms with Crippen LogP contribution >= 0.6 is 0 Å². The highest BCUT2D eigenvalue weighted by Gasteiger charge is 2.26. The van der Waals surface area contributed by atoms with Crippen LogP contribution in [0, 0.1) is 11.3 Å². The fourth-order valence-corrected chi connectivity index (χ4v) is 3.02. The molecule has 2 atom stereocenters. The molecule has 7 heteroatoms.